The van der Waals surface area contributed by atoms with Gasteiger partial charge in [-0.25, -0.2) is 0 Å². The molecular weight excluding hydrogens is 130 g/mol. The van der Waals surface area contributed by atoms with Crippen molar-refractivity contribution in [3.05, 3.63) is 0 Å². The van der Waals surface area contributed by atoms with Crippen LogP contribution in [0.5, 0.6) is 0 Å². The van der Waals surface area contributed by atoms with E-state index in [1.165, 1.54) is 0 Å². The van der Waals surface area contributed by atoms with Crippen molar-refractivity contribution in [1.29, 1.82) is 0 Å². The van der Waals surface area contributed by atoms with Crippen molar-refractivity contribution in [2.45, 2.75) is 31.5 Å². The number of carbonyl (C=O) groups is 1. The van der Waals surface area contributed by atoms with Gasteiger partial charge in [-0.3, -0.25) is 4.79 Å². The van der Waals surface area contributed by atoms with Gasteiger partial charge < -0.3 is 10.1 Å². The average Bonchev–Trinajstić information content (AvgIpc) is 2.54. The first-order valence-electron chi connectivity index (χ1n) is 3.68. The Morgan fingerprint density at radius 1 is 1.80 bits per heavy atom. The Morgan fingerprint density at radius 2 is 2.60 bits per heavy atom. The third-order valence-corrected chi connectivity index (χ3v) is 2.27. The monoisotopic (exact) mass is 141 g/mol. The van der Waals surface area contributed by atoms with Crippen molar-refractivity contribution in [1.82, 2.24) is 5.32 Å². The summed E-state index contributed by atoms with van der Waals surface area (Å²) in [4.78, 5) is 11.0. The molecule has 2 atom stereocenters. The molecule has 10 heavy (non-hydrogen) atoms. The number of epoxide rings is 1. The van der Waals surface area contributed by atoms with Gasteiger partial charge in [0.25, 0.3) is 5.91 Å². The molecule has 2 saturated heterocycles. The molecule has 2 rings (SSSR count). The first kappa shape index (κ1) is 6.16. The van der Waals surface area contributed by atoms with Gasteiger partial charge in [0.1, 0.15) is 5.60 Å². The Balaban J connectivity index is 2.12. The molecule has 0 aromatic carbocycles. The fourth-order valence-electron chi connectivity index (χ4n) is 1.50. The van der Waals surface area contributed by atoms with Crippen LogP contribution in [0.25, 0.3) is 0 Å². The zero-order chi connectivity index (χ0) is 7.19. The van der Waals surface area contributed by atoms with E-state index in [9.17, 15) is 4.79 Å². The summed E-state index contributed by atoms with van der Waals surface area (Å²) in [7, 11) is 0. The average molecular weight is 141 g/mol. The van der Waals surface area contributed by atoms with Gasteiger partial charge in [-0.1, -0.05) is 0 Å². The van der Waals surface area contributed by atoms with Crippen LogP contribution in [0.3, 0.4) is 0 Å². The molecule has 0 aromatic rings. The van der Waals surface area contributed by atoms with E-state index in [4.69, 9.17) is 4.74 Å². The van der Waals surface area contributed by atoms with E-state index in [0.717, 1.165) is 19.4 Å². The lowest BCUT2D eigenvalue weighted by Crippen LogP contribution is -2.28. The summed E-state index contributed by atoms with van der Waals surface area (Å²) >= 11 is 0. The number of amides is 1. The van der Waals surface area contributed by atoms with E-state index in [-0.39, 0.29) is 17.6 Å². The predicted octanol–water partition coefficient (Wildman–Crippen LogP) is 0.0539. The number of carbonyl (C=O) groups excluding carboxylic acids is 1. The number of rotatable bonds is 0. The van der Waals surface area contributed by atoms with Crippen molar-refractivity contribution in [3.63, 3.8) is 0 Å². The van der Waals surface area contributed by atoms with Gasteiger partial charge in [0.15, 0.2) is 6.10 Å². The Kier molecular flexibility index (Phi) is 1.06. The minimum atomic E-state index is -0.144. The van der Waals surface area contributed by atoms with Gasteiger partial charge >= 0.3 is 0 Å². The van der Waals surface area contributed by atoms with Gasteiger partial charge in [0, 0.05) is 6.54 Å². The zero-order valence-corrected chi connectivity index (χ0v) is 6.02. The van der Waals surface area contributed by atoms with Crippen LogP contribution in [0.4, 0.5) is 0 Å². The smallest absolute Gasteiger partial charge is 0.252 e. The lowest BCUT2D eigenvalue weighted by atomic mass is 10.0. The van der Waals surface area contributed by atoms with Crippen LogP contribution in [0.2, 0.25) is 0 Å². The third kappa shape index (κ3) is 0.736. The standard InChI is InChI=1S/C7H11NO2/c1-7-3-2-4-8-6(9)5(7)10-7/h5H,2-4H2,1H3,(H,8,9). The van der Waals surface area contributed by atoms with Crippen LogP contribution in [0, 0.1) is 0 Å². The summed E-state index contributed by atoms with van der Waals surface area (Å²) in [6.07, 6.45) is 1.91. The first-order chi connectivity index (χ1) is 4.72. The van der Waals surface area contributed by atoms with Crippen LogP contribution < -0.4 is 5.32 Å². The number of nitrogens with one attached hydrogen (secondary N) is 1. The first-order valence-corrected chi connectivity index (χ1v) is 3.68. The maximum Gasteiger partial charge on any atom is 0.252 e. The van der Waals surface area contributed by atoms with Crippen molar-refractivity contribution in [3.8, 4) is 0 Å². The lowest BCUT2D eigenvalue weighted by molar-refractivity contribution is -0.122. The van der Waals surface area contributed by atoms with E-state index in [1.54, 1.807) is 0 Å². The summed E-state index contributed by atoms with van der Waals surface area (Å²) in [6, 6.07) is 0. The molecule has 0 spiro atoms. The highest BCUT2D eigenvalue weighted by atomic mass is 16.6. The van der Waals surface area contributed by atoms with Gasteiger partial charge in [-0.2, -0.15) is 0 Å². The van der Waals surface area contributed by atoms with Gasteiger partial charge in [-0.15, -0.1) is 0 Å². The maximum atomic E-state index is 11.0. The summed E-state index contributed by atoms with van der Waals surface area (Å²) in [6.45, 7) is 2.82. The quantitative estimate of drug-likeness (QED) is 0.484. The Hall–Kier alpha value is -0.570. The molecule has 2 aliphatic rings. The number of fused-ring (bicyclic) bond motifs is 1. The van der Waals surface area contributed by atoms with Crippen molar-refractivity contribution >= 4 is 5.91 Å². The molecule has 0 aliphatic carbocycles. The molecule has 1 N–H and O–H groups in total. The second kappa shape index (κ2) is 1.72. The van der Waals surface area contributed by atoms with Crippen molar-refractivity contribution < 1.29 is 9.53 Å². The summed E-state index contributed by atoms with van der Waals surface area (Å²) in [5.41, 5.74) is -0.111. The molecule has 2 heterocycles. The highest BCUT2D eigenvalue weighted by Gasteiger charge is 2.57. The normalized spacial score (nSPS) is 45.3. The van der Waals surface area contributed by atoms with E-state index in [0.29, 0.717) is 0 Å². The molecule has 3 heteroatoms. The highest BCUT2D eigenvalue weighted by Crippen LogP contribution is 2.41. The van der Waals surface area contributed by atoms with Gasteiger partial charge in [0.05, 0.1) is 0 Å². The Labute approximate surface area is 59.7 Å². The van der Waals surface area contributed by atoms with E-state index in [1.807, 2.05) is 6.92 Å². The number of hydrogen-bond donors (Lipinski definition) is 1. The summed E-state index contributed by atoms with van der Waals surface area (Å²) in [5, 5.41) is 2.80. The molecule has 0 radical (unpaired) electrons. The van der Waals surface area contributed by atoms with Crippen molar-refractivity contribution in [2.75, 3.05) is 6.54 Å². The van der Waals surface area contributed by atoms with Crippen LogP contribution >= 0.6 is 0 Å². The Morgan fingerprint density at radius 3 is 3.40 bits per heavy atom. The second-order valence-corrected chi connectivity index (χ2v) is 3.21. The molecule has 2 unspecified atom stereocenters. The molecule has 1 amide bonds. The van der Waals surface area contributed by atoms with Gasteiger partial charge in [0.2, 0.25) is 0 Å². The topological polar surface area (TPSA) is 41.6 Å². The molecular formula is C7H11NO2. The van der Waals surface area contributed by atoms with Crippen LogP contribution in [0.15, 0.2) is 0 Å². The zero-order valence-electron chi connectivity index (χ0n) is 6.02. The third-order valence-electron chi connectivity index (χ3n) is 2.27. The SMILES string of the molecule is CC12CCCNC(=O)C1O2. The number of ether oxygens (including phenoxy) is 1. The fourth-order valence-corrected chi connectivity index (χ4v) is 1.50. The van der Waals surface area contributed by atoms with Crippen molar-refractivity contribution in [2.24, 2.45) is 0 Å². The summed E-state index contributed by atoms with van der Waals surface area (Å²) in [5.74, 6) is 0.0694. The number of hydrogen-bond acceptors (Lipinski definition) is 2. The van der Waals surface area contributed by atoms with Crippen LogP contribution in [-0.4, -0.2) is 24.2 Å². The minimum Gasteiger partial charge on any atom is -0.356 e. The van der Waals surface area contributed by atoms with E-state index in [2.05, 4.69) is 5.32 Å². The molecule has 3 nitrogen and oxygen atoms in total. The Bertz CT molecular complexity index is 180. The fraction of sp³-hybridized carbons (Fsp3) is 0.857. The van der Waals surface area contributed by atoms with Crippen LogP contribution in [-0.2, 0) is 9.53 Å². The largest absolute Gasteiger partial charge is 0.356 e. The molecule has 0 aromatic heterocycles. The second-order valence-electron chi connectivity index (χ2n) is 3.21. The van der Waals surface area contributed by atoms with E-state index >= 15 is 0 Å². The lowest BCUT2D eigenvalue weighted by Gasteiger charge is -1.99. The molecule has 2 fully saturated rings. The summed E-state index contributed by atoms with van der Waals surface area (Å²) < 4.78 is 5.25. The molecule has 0 bridgehead atoms. The predicted molar refractivity (Wildman–Crippen MR) is 35.5 cm³/mol. The molecule has 2 aliphatic heterocycles. The molecule has 0 saturated carbocycles. The minimum absolute atomic E-state index is 0.0694. The van der Waals surface area contributed by atoms with E-state index < -0.39 is 0 Å². The van der Waals surface area contributed by atoms with Gasteiger partial charge in [-0.05, 0) is 19.8 Å². The maximum absolute atomic E-state index is 11.0. The highest BCUT2D eigenvalue weighted by molar-refractivity contribution is 5.85. The van der Waals surface area contributed by atoms with Crippen LogP contribution in [0.1, 0.15) is 19.8 Å². The molecule has 56 valence electrons.